The molecule has 0 amide bonds. The summed E-state index contributed by atoms with van der Waals surface area (Å²) in [7, 11) is 0. The standard InChI is InChI=1S/C12H14FNO/c1-8-2-7-11(12(8)14-15)9-3-5-10(13)6-4-9/h3-6,8,11,15H,2,7H2,1H3. The molecule has 1 aliphatic carbocycles. The average molecular weight is 207 g/mol. The van der Waals surface area contributed by atoms with E-state index in [1.807, 2.05) is 0 Å². The quantitative estimate of drug-likeness (QED) is 0.556. The fraction of sp³-hybridized carbons (Fsp3) is 0.417. The molecule has 2 unspecified atom stereocenters. The first kappa shape index (κ1) is 10.1. The van der Waals surface area contributed by atoms with Gasteiger partial charge >= 0.3 is 0 Å². The number of benzene rings is 1. The molecule has 1 N–H and O–H groups in total. The van der Waals surface area contributed by atoms with Crippen LogP contribution in [0.4, 0.5) is 4.39 Å². The Kier molecular flexibility index (Phi) is 2.71. The Balaban J connectivity index is 2.28. The van der Waals surface area contributed by atoms with Crippen molar-refractivity contribution in [3.63, 3.8) is 0 Å². The van der Waals surface area contributed by atoms with Gasteiger partial charge in [0, 0.05) is 5.92 Å². The molecule has 0 bridgehead atoms. The van der Waals surface area contributed by atoms with Gasteiger partial charge in [-0.2, -0.15) is 0 Å². The van der Waals surface area contributed by atoms with Gasteiger partial charge < -0.3 is 5.21 Å². The molecule has 2 nitrogen and oxygen atoms in total. The number of oxime groups is 1. The Morgan fingerprint density at radius 2 is 1.93 bits per heavy atom. The molecule has 1 aromatic carbocycles. The van der Waals surface area contributed by atoms with E-state index < -0.39 is 0 Å². The summed E-state index contributed by atoms with van der Waals surface area (Å²) in [6.45, 7) is 2.05. The van der Waals surface area contributed by atoms with Gasteiger partial charge in [-0.05, 0) is 36.5 Å². The van der Waals surface area contributed by atoms with E-state index in [-0.39, 0.29) is 11.7 Å². The van der Waals surface area contributed by atoms with Crippen LogP contribution in [0.25, 0.3) is 0 Å². The van der Waals surface area contributed by atoms with Crippen molar-refractivity contribution in [1.29, 1.82) is 0 Å². The first-order valence-electron chi connectivity index (χ1n) is 5.19. The van der Waals surface area contributed by atoms with Crippen LogP contribution in [0, 0.1) is 11.7 Å². The molecule has 2 atom stereocenters. The van der Waals surface area contributed by atoms with E-state index in [2.05, 4.69) is 12.1 Å². The van der Waals surface area contributed by atoms with Crippen LogP contribution in [0.15, 0.2) is 29.4 Å². The molecule has 1 aliphatic rings. The maximum atomic E-state index is 12.7. The summed E-state index contributed by atoms with van der Waals surface area (Å²) < 4.78 is 12.7. The Morgan fingerprint density at radius 1 is 1.27 bits per heavy atom. The average Bonchev–Trinajstić information content (AvgIpc) is 2.61. The number of nitrogens with zero attached hydrogens (tertiary/aromatic N) is 1. The second-order valence-corrected chi connectivity index (χ2v) is 4.11. The molecule has 0 aromatic heterocycles. The summed E-state index contributed by atoms with van der Waals surface area (Å²) in [4.78, 5) is 0. The van der Waals surface area contributed by atoms with Gasteiger partial charge in [-0.1, -0.05) is 24.2 Å². The molecule has 80 valence electrons. The second kappa shape index (κ2) is 4.01. The van der Waals surface area contributed by atoms with Crippen LogP contribution in [0.1, 0.15) is 31.2 Å². The number of rotatable bonds is 1. The molecule has 1 saturated carbocycles. The second-order valence-electron chi connectivity index (χ2n) is 4.11. The van der Waals surface area contributed by atoms with Crippen LogP contribution >= 0.6 is 0 Å². The van der Waals surface area contributed by atoms with E-state index in [4.69, 9.17) is 5.21 Å². The van der Waals surface area contributed by atoms with Crippen molar-refractivity contribution in [3.8, 4) is 0 Å². The van der Waals surface area contributed by atoms with Crippen LogP contribution in [0.3, 0.4) is 0 Å². The Bertz CT molecular complexity index is 372. The minimum atomic E-state index is -0.229. The summed E-state index contributed by atoms with van der Waals surface area (Å²) in [5.74, 6) is 0.253. The van der Waals surface area contributed by atoms with E-state index in [1.165, 1.54) is 12.1 Å². The van der Waals surface area contributed by atoms with Crippen LogP contribution in [0.2, 0.25) is 0 Å². The predicted molar refractivity (Wildman–Crippen MR) is 56.8 cm³/mol. The molecule has 0 aliphatic heterocycles. The molecule has 2 rings (SSSR count). The molecule has 0 radical (unpaired) electrons. The van der Waals surface area contributed by atoms with Gasteiger partial charge in [0.2, 0.25) is 0 Å². The third-order valence-corrected chi connectivity index (χ3v) is 3.14. The first-order valence-corrected chi connectivity index (χ1v) is 5.19. The van der Waals surface area contributed by atoms with Gasteiger partial charge in [0.25, 0.3) is 0 Å². The zero-order valence-corrected chi connectivity index (χ0v) is 8.65. The maximum absolute atomic E-state index is 12.7. The number of hydrogen-bond acceptors (Lipinski definition) is 2. The Hall–Kier alpha value is -1.38. The molecule has 1 aromatic rings. The van der Waals surface area contributed by atoms with Gasteiger partial charge in [0.15, 0.2) is 0 Å². The molecule has 0 saturated heterocycles. The van der Waals surface area contributed by atoms with Gasteiger partial charge in [-0.15, -0.1) is 0 Å². The Labute approximate surface area is 88.4 Å². The third kappa shape index (κ3) is 1.87. The molecule has 1 fully saturated rings. The van der Waals surface area contributed by atoms with E-state index in [1.54, 1.807) is 12.1 Å². The lowest BCUT2D eigenvalue weighted by atomic mass is 9.95. The molecular weight excluding hydrogens is 193 g/mol. The SMILES string of the molecule is CC1CCC(c2ccc(F)cc2)C1=NO. The van der Waals surface area contributed by atoms with E-state index in [0.717, 1.165) is 24.1 Å². The van der Waals surface area contributed by atoms with Crippen molar-refractivity contribution in [2.45, 2.75) is 25.7 Å². The highest BCUT2D eigenvalue weighted by atomic mass is 19.1. The van der Waals surface area contributed by atoms with Crippen molar-refractivity contribution >= 4 is 5.71 Å². The molecule has 0 spiro atoms. The first-order chi connectivity index (χ1) is 7.22. The highest BCUT2D eigenvalue weighted by Crippen LogP contribution is 2.35. The summed E-state index contributed by atoms with van der Waals surface area (Å²) in [6.07, 6.45) is 2.01. The molecule has 15 heavy (non-hydrogen) atoms. The smallest absolute Gasteiger partial charge is 0.123 e. The number of halogens is 1. The van der Waals surface area contributed by atoms with E-state index in [0.29, 0.717) is 5.92 Å². The minimum absolute atomic E-state index is 0.158. The fourth-order valence-corrected chi connectivity index (χ4v) is 2.26. The van der Waals surface area contributed by atoms with Gasteiger partial charge in [0.1, 0.15) is 5.82 Å². The minimum Gasteiger partial charge on any atom is -0.411 e. The van der Waals surface area contributed by atoms with Crippen molar-refractivity contribution in [3.05, 3.63) is 35.6 Å². The maximum Gasteiger partial charge on any atom is 0.123 e. The molecule has 3 heteroatoms. The van der Waals surface area contributed by atoms with Crippen LogP contribution in [0.5, 0.6) is 0 Å². The van der Waals surface area contributed by atoms with Crippen molar-refractivity contribution in [2.24, 2.45) is 11.1 Å². The van der Waals surface area contributed by atoms with Gasteiger partial charge in [-0.25, -0.2) is 4.39 Å². The lowest BCUT2D eigenvalue weighted by Crippen LogP contribution is -2.10. The van der Waals surface area contributed by atoms with Crippen molar-refractivity contribution < 1.29 is 9.60 Å². The molecular formula is C12H14FNO. The monoisotopic (exact) mass is 207 g/mol. The van der Waals surface area contributed by atoms with Crippen LogP contribution < -0.4 is 0 Å². The van der Waals surface area contributed by atoms with E-state index in [9.17, 15) is 4.39 Å². The zero-order chi connectivity index (χ0) is 10.8. The van der Waals surface area contributed by atoms with E-state index >= 15 is 0 Å². The topological polar surface area (TPSA) is 32.6 Å². The number of hydrogen-bond donors (Lipinski definition) is 1. The summed E-state index contributed by atoms with van der Waals surface area (Å²) in [6, 6.07) is 6.44. The third-order valence-electron chi connectivity index (χ3n) is 3.14. The lowest BCUT2D eigenvalue weighted by molar-refractivity contribution is 0.314. The largest absolute Gasteiger partial charge is 0.411 e. The molecule has 0 heterocycles. The lowest BCUT2D eigenvalue weighted by Gasteiger charge is -2.11. The van der Waals surface area contributed by atoms with Crippen LogP contribution in [-0.2, 0) is 0 Å². The Morgan fingerprint density at radius 3 is 2.53 bits per heavy atom. The predicted octanol–water partition coefficient (Wildman–Crippen LogP) is 3.17. The fourth-order valence-electron chi connectivity index (χ4n) is 2.26. The van der Waals surface area contributed by atoms with Crippen LogP contribution in [-0.4, -0.2) is 10.9 Å². The highest BCUT2D eigenvalue weighted by molar-refractivity contribution is 5.94. The van der Waals surface area contributed by atoms with Gasteiger partial charge in [0.05, 0.1) is 5.71 Å². The zero-order valence-electron chi connectivity index (χ0n) is 8.65. The van der Waals surface area contributed by atoms with Crippen molar-refractivity contribution in [2.75, 3.05) is 0 Å². The van der Waals surface area contributed by atoms with Crippen molar-refractivity contribution in [1.82, 2.24) is 0 Å². The highest BCUT2D eigenvalue weighted by Gasteiger charge is 2.30. The van der Waals surface area contributed by atoms with Gasteiger partial charge in [-0.3, -0.25) is 0 Å². The summed E-state index contributed by atoms with van der Waals surface area (Å²) in [5, 5.41) is 12.3. The normalized spacial score (nSPS) is 28.5. The summed E-state index contributed by atoms with van der Waals surface area (Å²) in [5.41, 5.74) is 1.86. The summed E-state index contributed by atoms with van der Waals surface area (Å²) >= 11 is 0.